The van der Waals surface area contributed by atoms with Gasteiger partial charge in [-0.2, -0.15) is 0 Å². The maximum absolute atomic E-state index is 11.4. The lowest BCUT2D eigenvalue weighted by molar-refractivity contribution is -0.122. The largest absolute Gasteiger partial charge is 0.483 e. The molecule has 0 bridgehead atoms. The molecular weight excluding hydrogens is 302 g/mol. The summed E-state index contributed by atoms with van der Waals surface area (Å²) in [7, 11) is 1.52. The number of rotatable bonds is 6. The highest BCUT2D eigenvalue weighted by Crippen LogP contribution is 2.28. The fraction of sp³-hybridized carbons (Fsp3) is 0.308. The summed E-state index contributed by atoms with van der Waals surface area (Å²) in [5, 5.41) is 2.58. The fourth-order valence-corrected chi connectivity index (χ4v) is 2.56. The lowest BCUT2D eigenvalue weighted by atomic mass is 10.1. The van der Waals surface area contributed by atoms with Crippen LogP contribution in [0.15, 0.2) is 29.7 Å². The van der Waals surface area contributed by atoms with Gasteiger partial charge >= 0.3 is 0 Å². The van der Waals surface area contributed by atoms with Crippen molar-refractivity contribution >= 4 is 25.6 Å². The monoisotopic (exact) mass is 317 g/mol. The van der Waals surface area contributed by atoms with Crippen LogP contribution in [0, 0.1) is 13.8 Å². The quantitative estimate of drug-likeness (QED) is 0.642. The Hall–Kier alpha value is -1.53. The molecule has 20 heavy (non-hydrogen) atoms. The summed E-state index contributed by atoms with van der Waals surface area (Å²) in [6, 6.07) is 2.82. The van der Waals surface area contributed by atoms with Crippen LogP contribution in [-0.2, 0) is 13.8 Å². The van der Waals surface area contributed by atoms with Crippen LogP contribution in [0.25, 0.3) is 0 Å². The summed E-state index contributed by atoms with van der Waals surface area (Å²) in [4.78, 5) is 11.4. The zero-order valence-corrected chi connectivity index (χ0v) is 12.8. The van der Waals surface area contributed by atoms with Gasteiger partial charge in [0, 0.05) is 17.2 Å². The van der Waals surface area contributed by atoms with E-state index in [1.54, 1.807) is 19.9 Å². The Morgan fingerprint density at radius 1 is 1.40 bits per heavy atom. The Kier molecular flexibility index (Phi) is 5.59. The molecule has 0 radical (unpaired) electrons. The second-order valence-corrected chi connectivity index (χ2v) is 6.77. The molecule has 1 rings (SSSR count). The molecule has 0 unspecified atom stereocenters. The van der Waals surface area contributed by atoms with Crippen molar-refractivity contribution in [1.82, 2.24) is 5.32 Å². The third kappa shape index (κ3) is 4.54. The summed E-state index contributed by atoms with van der Waals surface area (Å²) in [5.41, 5.74) is 1.20. The Balaban J connectivity index is 2.87. The standard InChI is InChI=1S/C13H16ClNO4S/c1-4-5-15-12(16)8-19-13-9(2)6-11(7-10(13)3)20(14,17)18/h4,6-7H,1,5,8H2,2-3H3,(H,15,16). The molecule has 7 heteroatoms. The average Bonchev–Trinajstić information content (AvgIpc) is 2.34. The van der Waals surface area contributed by atoms with Crippen molar-refractivity contribution in [3.8, 4) is 5.75 Å². The third-order valence-corrected chi connectivity index (χ3v) is 3.84. The van der Waals surface area contributed by atoms with Gasteiger partial charge in [0.2, 0.25) is 0 Å². The number of hydrogen-bond donors (Lipinski definition) is 1. The van der Waals surface area contributed by atoms with E-state index < -0.39 is 9.05 Å². The molecule has 0 spiro atoms. The van der Waals surface area contributed by atoms with Crippen molar-refractivity contribution < 1.29 is 17.9 Å². The molecule has 1 amide bonds. The van der Waals surface area contributed by atoms with Crippen molar-refractivity contribution in [1.29, 1.82) is 0 Å². The maximum Gasteiger partial charge on any atom is 0.261 e. The molecule has 1 aromatic carbocycles. The van der Waals surface area contributed by atoms with Gasteiger partial charge in [-0.25, -0.2) is 8.42 Å². The van der Waals surface area contributed by atoms with Gasteiger partial charge < -0.3 is 10.1 Å². The van der Waals surface area contributed by atoms with Crippen molar-refractivity contribution in [2.75, 3.05) is 13.2 Å². The molecule has 0 fully saturated rings. The molecule has 0 heterocycles. The summed E-state index contributed by atoms with van der Waals surface area (Å²) in [5.74, 6) is 0.195. The van der Waals surface area contributed by atoms with E-state index in [2.05, 4.69) is 11.9 Å². The topological polar surface area (TPSA) is 72.5 Å². The molecule has 1 N–H and O–H groups in total. The summed E-state index contributed by atoms with van der Waals surface area (Å²) < 4.78 is 28.0. The number of aryl methyl sites for hydroxylation is 2. The van der Waals surface area contributed by atoms with Gasteiger partial charge in [-0.1, -0.05) is 6.08 Å². The van der Waals surface area contributed by atoms with E-state index in [1.807, 2.05) is 0 Å². The van der Waals surface area contributed by atoms with E-state index in [4.69, 9.17) is 15.4 Å². The van der Waals surface area contributed by atoms with Gasteiger partial charge in [0.05, 0.1) is 4.90 Å². The molecule has 0 saturated heterocycles. The van der Waals surface area contributed by atoms with Crippen LogP contribution in [0.1, 0.15) is 11.1 Å². The van der Waals surface area contributed by atoms with Gasteiger partial charge in [-0.15, -0.1) is 6.58 Å². The molecule has 0 aliphatic rings. The number of nitrogens with one attached hydrogen (secondary N) is 1. The second-order valence-electron chi connectivity index (χ2n) is 4.21. The third-order valence-electron chi connectivity index (χ3n) is 2.51. The van der Waals surface area contributed by atoms with Gasteiger partial charge in [0.1, 0.15) is 5.75 Å². The lowest BCUT2D eigenvalue weighted by Crippen LogP contribution is -2.29. The van der Waals surface area contributed by atoms with Crippen molar-refractivity contribution in [2.24, 2.45) is 0 Å². The van der Waals surface area contributed by atoms with Crippen LogP contribution < -0.4 is 10.1 Å². The molecule has 0 aliphatic heterocycles. The van der Waals surface area contributed by atoms with E-state index >= 15 is 0 Å². The van der Waals surface area contributed by atoms with Crippen molar-refractivity contribution in [3.05, 3.63) is 35.9 Å². The Morgan fingerprint density at radius 2 is 1.95 bits per heavy atom. The van der Waals surface area contributed by atoms with Crippen molar-refractivity contribution in [3.63, 3.8) is 0 Å². The smallest absolute Gasteiger partial charge is 0.261 e. The van der Waals surface area contributed by atoms with E-state index in [0.29, 0.717) is 23.4 Å². The number of hydrogen-bond acceptors (Lipinski definition) is 4. The average molecular weight is 318 g/mol. The molecule has 1 aromatic rings. The van der Waals surface area contributed by atoms with Crippen molar-refractivity contribution in [2.45, 2.75) is 18.7 Å². The number of halogens is 1. The minimum atomic E-state index is -3.78. The summed E-state index contributed by atoms with van der Waals surface area (Å²) in [6.07, 6.45) is 1.56. The predicted octanol–water partition coefficient (Wildman–Crippen LogP) is 1.91. The first kappa shape index (κ1) is 16.5. The normalized spacial score (nSPS) is 10.9. The Labute approximate surface area is 123 Å². The Morgan fingerprint density at radius 3 is 2.40 bits per heavy atom. The minimum Gasteiger partial charge on any atom is -0.483 e. The highest BCUT2D eigenvalue weighted by molar-refractivity contribution is 8.13. The van der Waals surface area contributed by atoms with Crippen LogP contribution in [0.4, 0.5) is 0 Å². The Bertz CT molecular complexity index is 602. The maximum atomic E-state index is 11.4. The van der Waals surface area contributed by atoms with Crippen LogP contribution >= 0.6 is 10.7 Å². The molecular formula is C13H16ClNO4S. The summed E-state index contributed by atoms with van der Waals surface area (Å²) >= 11 is 0. The van der Waals surface area contributed by atoms with Gasteiger partial charge in [0.25, 0.3) is 15.0 Å². The van der Waals surface area contributed by atoms with E-state index in [1.165, 1.54) is 12.1 Å². The number of carbonyl (C=O) groups is 1. The van der Waals surface area contributed by atoms with Gasteiger partial charge in [0.15, 0.2) is 6.61 Å². The first-order chi connectivity index (χ1) is 9.25. The van der Waals surface area contributed by atoms with Crippen LogP contribution in [0.3, 0.4) is 0 Å². The van der Waals surface area contributed by atoms with E-state index in [-0.39, 0.29) is 17.4 Å². The van der Waals surface area contributed by atoms with Crippen LogP contribution in [0.2, 0.25) is 0 Å². The van der Waals surface area contributed by atoms with Gasteiger partial charge in [-0.05, 0) is 37.1 Å². The van der Waals surface area contributed by atoms with E-state index in [9.17, 15) is 13.2 Å². The van der Waals surface area contributed by atoms with E-state index in [0.717, 1.165) is 0 Å². The highest BCUT2D eigenvalue weighted by atomic mass is 35.7. The molecule has 110 valence electrons. The number of carbonyl (C=O) groups excluding carboxylic acids is 1. The predicted molar refractivity (Wildman–Crippen MR) is 77.7 cm³/mol. The number of ether oxygens (including phenoxy) is 1. The SMILES string of the molecule is C=CCNC(=O)COc1c(C)cc(S(=O)(=O)Cl)cc1C. The molecule has 0 atom stereocenters. The molecule has 0 saturated carbocycles. The van der Waals surface area contributed by atoms with Gasteiger partial charge in [-0.3, -0.25) is 4.79 Å². The summed E-state index contributed by atoms with van der Waals surface area (Å²) in [6.45, 7) is 7.08. The molecule has 0 aromatic heterocycles. The highest BCUT2D eigenvalue weighted by Gasteiger charge is 2.15. The number of benzene rings is 1. The number of amides is 1. The molecule has 0 aliphatic carbocycles. The second kappa shape index (κ2) is 6.76. The zero-order valence-electron chi connectivity index (χ0n) is 11.3. The van der Waals surface area contributed by atoms with Crippen LogP contribution in [-0.4, -0.2) is 27.5 Å². The zero-order chi connectivity index (χ0) is 15.3. The van der Waals surface area contributed by atoms with Crippen LogP contribution in [0.5, 0.6) is 5.75 Å². The molecule has 5 nitrogen and oxygen atoms in total. The lowest BCUT2D eigenvalue weighted by Gasteiger charge is -2.13. The first-order valence-corrected chi connectivity index (χ1v) is 8.13. The fourth-order valence-electron chi connectivity index (χ4n) is 1.65. The minimum absolute atomic E-state index is 0.0117. The first-order valence-electron chi connectivity index (χ1n) is 5.82.